The van der Waals surface area contributed by atoms with E-state index < -0.39 is 5.60 Å². The van der Waals surface area contributed by atoms with Crippen LogP contribution in [0.4, 0.5) is 4.79 Å². The smallest absolute Gasteiger partial charge is 0.407 e. The Morgan fingerprint density at radius 1 is 1.25 bits per heavy atom. The number of nitrogens with zero attached hydrogens (tertiary/aromatic N) is 2. The standard InChI is InChI=1S/C21H29N3O4/c1-21(2,3)28-20(25)23-16-9-11-24(12-10-16)13-17-14-27-19(22-17)15-5-7-18(26-4)8-6-15/h5-8,14,16H,9-13H2,1-4H3,(H,23,25). The molecule has 0 aliphatic carbocycles. The van der Waals surface area contributed by atoms with Crippen LogP contribution in [0.5, 0.6) is 5.75 Å². The second-order valence-corrected chi connectivity index (χ2v) is 8.07. The van der Waals surface area contributed by atoms with E-state index in [-0.39, 0.29) is 12.1 Å². The van der Waals surface area contributed by atoms with Crippen LogP contribution in [-0.2, 0) is 11.3 Å². The lowest BCUT2D eigenvalue weighted by atomic mass is 10.1. The number of oxazole rings is 1. The maximum absolute atomic E-state index is 11.9. The third-order valence-corrected chi connectivity index (χ3v) is 4.58. The van der Waals surface area contributed by atoms with Gasteiger partial charge in [0.15, 0.2) is 0 Å². The molecule has 1 aromatic heterocycles. The molecule has 7 nitrogen and oxygen atoms in total. The van der Waals surface area contributed by atoms with E-state index in [2.05, 4.69) is 15.2 Å². The van der Waals surface area contributed by atoms with Crippen molar-refractivity contribution in [2.45, 2.75) is 51.8 Å². The Labute approximate surface area is 166 Å². The average Bonchev–Trinajstić information content (AvgIpc) is 3.10. The molecule has 0 bridgehead atoms. The highest BCUT2D eigenvalue weighted by Gasteiger charge is 2.24. The number of amides is 1. The van der Waals surface area contributed by atoms with Crippen molar-refractivity contribution in [1.82, 2.24) is 15.2 Å². The Kier molecular flexibility index (Phi) is 6.24. The molecular weight excluding hydrogens is 358 g/mol. The van der Waals surface area contributed by atoms with Crippen LogP contribution in [0.15, 0.2) is 34.9 Å². The first-order chi connectivity index (χ1) is 13.3. The summed E-state index contributed by atoms with van der Waals surface area (Å²) >= 11 is 0. The zero-order valence-corrected chi connectivity index (χ0v) is 17.0. The topological polar surface area (TPSA) is 76.8 Å². The summed E-state index contributed by atoms with van der Waals surface area (Å²) in [6, 6.07) is 7.80. The van der Waals surface area contributed by atoms with Crippen molar-refractivity contribution in [3.63, 3.8) is 0 Å². The van der Waals surface area contributed by atoms with Crippen LogP contribution in [0.3, 0.4) is 0 Å². The fraction of sp³-hybridized carbons (Fsp3) is 0.524. The van der Waals surface area contributed by atoms with Gasteiger partial charge in [0.05, 0.1) is 12.8 Å². The summed E-state index contributed by atoms with van der Waals surface area (Å²) in [5.41, 5.74) is 1.36. The minimum atomic E-state index is -0.473. The molecule has 0 radical (unpaired) electrons. The summed E-state index contributed by atoms with van der Waals surface area (Å²) in [6.07, 6.45) is 3.15. The SMILES string of the molecule is COc1ccc(-c2nc(CN3CCC(NC(=O)OC(C)(C)C)CC3)co2)cc1. The number of ether oxygens (including phenoxy) is 2. The van der Waals surface area contributed by atoms with E-state index in [0.717, 1.165) is 49.5 Å². The van der Waals surface area contributed by atoms with E-state index in [0.29, 0.717) is 5.89 Å². The van der Waals surface area contributed by atoms with Crippen molar-refractivity contribution in [1.29, 1.82) is 0 Å². The molecule has 1 aliphatic rings. The number of piperidine rings is 1. The van der Waals surface area contributed by atoms with E-state index in [1.54, 1.807) is 13.4 Å². The zero-order valence-electron chi connectivity index (χ0n) is 17.0. The molecule has 28 heavy (non-hydrogen) atoms. The van der Waals surface area contributed by atoms with Gasteiger partial charge in [-0.3, -0.25) is 4.90 Å². The van der Waals surface area contributed by atoms with E-state index in [1.165, 1.54) is 0 Å². The normalized spacial score (nSPS) is 16.0. The van der Waals surface area contributed by atoms with Gasteiger partial charge in [-0.1, -0.05) is 0 Å². The summed E-state index contributed by atoms with van der Waals surface area (Å²) < 4.78 is 16.1. The van der Waals surface area contributed by atoms with Crippen LogP contribution >= 0.6 is 0 Å². The Bertz CT molecular complexity index is 772. The number of nitrogens with one attached hydrogen (secondary N) is 1. The molecule has 0 saturated carbocycles. The van der Waals surface area contributed by atoms with Crippen LogP contribution in [0.1, 0.15) is 39.3 Å². The summed E-state index contributed by atoms with van der Waals surface area (Å²) in [6.45, 7) is 8.13. The molecule has 1 aromatic carbocycles. The summed E-state index contributed by atoms with van der Waals surface area (Å²) in [7, 11) is 1.64. The van der Waals surface area contributed by atoms with Crippen molar-refractivity contribution >= 4 is 6.09 Å². The lowest BCUT2D eigenvalue weighted by molar-refractivity contribution is 0.0477. The van der Waals surface area contributed by atoms with Crippen LogP contribution in [0.2, 0.25) is 0 Å². The van der Waals surface area contributed by atoms with Crippen molar-refractivity contribution in [3.8, 4) is 17.2 Å². The predicted molar refractivity (Wildman–Crippen MR) is 106 cm³/mol. The summed E-state index contributed by atoms with van der Waals surface area (Å²) in [5, 5.41) is 2.96. The third-order valence-electron chi connectivity index (χ3n) is 4.58. The van der Waals surface area contributed by atoms with Gasteiger partial charge in [-0.15, -0.1) is 0 Å². The monoisotopic (exact) mass is 387 g/mol. The third kappa shape index (κ3) is 5.73. The molecular formula is C21H29N3O4. The minimum Gasteiger partial charge on any atom is -0.497 e. The number of alkyl carbamates (subject to hydrolysis) is 1. The largest absolute Gasteiger partial charge is 0.497 e. The molecule has 0 unspecified atom stereocenters. The zero-order chi connectivity index (χ0) is 20.1. The van der Waals surface area contributed by atoms with E-state index in [4.69, 9.17) is 13.9 Å². The first-order valence-corrected chi connectivity index (χ1v) is 9.63. The van der Waals surface area contributed by atoms with E-state index in [1.807, 2.05) is 45.0 Å². The molecule has 1 amide bonds. The highest BCUT2D eigenvalue weighted by atomic mass is 16.6. The number of hydrogen-bond acceptors (Lipinski definition) is 6. The predicted octanol–water partition coefficient (Wildman–Crippen LogP) is 3.84. The molecule has 2 aromatic rings. The van der Waals surface area contributed by atoms with Crippen molar-refractivity contribution in [3.05, 3.63) is 36.2 Å². The van der Waals surface area contributed by atoms with Crippen molar-refractivity contribution in [2.24, 2.45) is 0 Å². The van der Waals surface area contributed by atoms with Gasteiger partial charge in [-0.2, -0.15) is 0 Å². The van der Waals surface area contributed by atoms with Gasteiger partial charge in [0, 0.05) is 31.2 Å². The Hall–Kier alpha value is -2.54. The first-order valence-electron chi connectivity index (χ1n) is 9.63. The van der Waals surface area contributed by atoms with Crippen molar-refractivity contribution in [2.75, 3.05) is 20.2 Å². The Balaban J connectivity index is 1.47. The molecule has 152 valence electrons. The Morgan fingerprint density at radius 2 is 1.93 bits per heavy atom. The lowest BCUT2D eigenvalue weighted by Crippen LogP contribution is -2.45. The highest BCUT2D eigenvalue weighted by molar-refractivity contribution is 5.68. The number of methoxy groups -OCH3 is 1. The second-order valence-electron chi connectivity index (χ2n) is 8.07. The number of carbonyl (C=O) groups is 1. The van der Waals surface area contributed by atoms with Crippen LogP contribution in [-0.4, -0.2) is 47.8 Å². The second kappa shape index (κ2) is 8.65. The first kappa shape index (κ1) is 20.2. The lowest BCUT2D eigenvalue weighted by Gasteiger charge is -2.32. The number of rotatable bonds is 5. The number of carbonyl (C=O) groups excluding carboxylic acids is 1. The summed E-state index contributed by atoms with van der Waals surface area (Å²) in [4.78, 5) is 18.8. The van der Waals surface area contributed by atoms with E-state index >= 15 is 0 Å². The Morgan fingerprint density at radius 3 is 2.54 bits per heavy atom. The maximum atomic E-state index is 11.9. The summed E-state index contributed by atoms with van der Waals surface area (Å²) in [5.74, 6) is 1.41. The maximum Gasteiger partial charge on any atom is 0.407 e. The molecule has 7 heteroatoms. The van der Waals surface area contributed by atoms with E-state index in [9.17, 15) is 4.79 Å². The number of hydrogen-bond donors (Lipinski definition) is 1. The van der Waals surface area contributed by atoms with Gasteiger partial charge in [-0.05, 0) is 57.9 Å². The van der Waals surface area contributed by atoms with Crippen molar-refractivity contribution < 1.29 is 18.7 Å². The van der Waals surface area contributed by atoms with Crippen LogP contribution in [0.25, 0.3) is 11.5 Å². The molecule has 1 N–H and O–H groups in total. The highest BCUT2D eigenvalue weighted by Crippen LogP contribution is 2.23. The minimum absolute atomic E-state index is 0.151. The fourth-order valence-electron chi connectivity index (χ4n) is 3.18. The fourth-order valence-corrected chi connectivity index (χ4v) is 3.18. The van der Waals surface area contributed by atoms with Gasteiger partial charge >= 0.3 is 6.09 Å². The molecule has 0 spiro atoms. The molecule has 2 heterocycles. The van der Waals surface area contributed by atoms with Gasteiger partial charge in [-0.25, -0.2) is 9.78 Å². The quantitative estimate of drug-likeness (QED) is 0.840. The van der Waals surface area contributed by atoms with Crippen LogP contribution < -0.4 is 10.1 Å². The number of benzene rings is 1. The number of aromatic nitrogens is 1. The van der Waals surface area contributed by atoms with Gasteiger partial charge in [0.25, 0.3) is 0 Å². The van der Waals surface area contributed by atoms with Gasteiger partial charge < -0.3 is 19.2 Å². The van der Waals surface area contributed by atoms with Crippen LogP contribution in [0, 0.1) is 0 Å². The molecule has 0 atom stereocenters. The molecule has 1 aliphatic heterocycles. The van der Waals surface area contributed by atoms with Gasteiger partial charge in [0.2, 0.25) is 5.89 Å². The van der Waals surface area contributed by atoms with Gasteiger partial charge in [0.1, 0.15) is 17.6 Å². The average molecular weight is 387 g/mol. The molecule has 1 saturated heterocycles. The molecule has 1 fully saturated rings. The molecule has 3 rings (SSSR count). The number of likely N-dealkylation sites (tertiary alicyclic amines) is 1.